The number of rotatable bonds is 5. The number of halogens is 3. The molecule has 1 aliphatic rings. The van der Waals surface area contributed by atoms with Crippen LogP contribution in [0.1, 0.15) is 10.4 Å². The minimum absolute atomic E-state index is 0.00305. The molecule has 3 rings (SSSR count). The van der Waals surface area contributed by atoms with Crippen LogP contribution in [0.3, 0.4) is 0 Å². The van der Waals surface area contributed by atoms with Crippen LogP contribution in [0.2, 0.25) is 0 Å². The number of amides is 1. The highest BCUT2D eigenvalue weighted by Crippen LogP contribution is 2.23. The molecule has 0 atom stereocenters. The maximum atomic E-state index is 12.2. The van der Waals surface area contributed by atoms with E-state index < -0.39 is 6.36 Å². The van der Waals surface area contributed by atoms with E-state index in [9.17, 15) is 18.0 Å². The summed E-state index contributed by atoms with van der Waals surface area (Å²) >= 11 is 1.58. The molecule has 2 aromatic rings. The molecule has 8 heteroatoms. The fraction of sp³-hybridized carbons (Fsp3) is 0.316. The van der Waals surface area contributed by atoms with Crippen LogP contribution in [0.4, 0.5) is 13.2 Å². The Bertz CT molecular complexity index is 765. The monoisotopic (exact) mass is 396 g/mol. The van der Waals surface area contributed by atoms with Crippen molar-refractivity contribution in [1.82, 2.24) is 9.80 Å². The minimum Gasteiger partial charge on any atom is -0.406 e. The van der Waals surface area contributed by atoms with Crippen LogP contribution >= 0.6 is 11.3 Å². The van der Waals surface area contributed by atoms with Gasteiger partial charge in [-0.25, -0.2) is 0 Å². The molecule has 0 N–H and O–H groups in total. The first kappa shape index (κ1) is 19.4. The molecule has 0 radical (unpaired) electrons. The van der Waals surface area contributed by atoms with Gasteiger partial charge in [-0.15, -0.1) is 24.5 Å². The summed E-state index contributed by atoms with van der Waals surface area (Å²) in [5.41, 5.74) is 0.905. The van der Waals surface area contributed by atoms with Crippen molar-refractivity contribution in [3.63, 3.8) is 0 Å². The average molecular weight is 396 g/mol. The Labute approximate surface area is 159 Å². The number of piperazine rings is 1. The molecule has 0 aliphatic carbocycles. The van der Waals surface area contributed by atoms with E-state index in [1.807, 2.05) is 23.6 Å². The second kappa shape index (κ2) is 8.58. The standard InChI is InChI=1S/C19H19F3N2O2S/c20-19(21,22)26-16-5-3-15(4-6-16)14-23-9-11-24(12-10-23)18(25)8-7-17-2-1-13-27-17/h1-8,13H,9-12,14H2/b8-7+. The molecule has 1 aromatic heterocycles. The third-order valence-electron chi connectivity index (χ3n) is 4.18. The van der Waals surface area contributed by atoms with Gasteiger partial charge in [-0.1, -0.05) is 18.2 Å². The predicted molar refractivity (Wildman–Crippen MR) is 98.3 cm³/mol. The zero-order chi connectivity index (χ0) is 19.3. The van der Waals surface area contributed by atoms with Gasteiger partial charge in [-0.3, -0.25) is 9.69 Å². The molecule has 0 unspecified atom stereocenters. The van der Waals surface area contributed by atoms with Crippen molar-refractivity contribution in [3.8, 4) is 5.75 Å². The van der Waals surface area contributed by atoms with Crippen LogP contribution in [0, 0.1) is 0 Å². The number of alkyl halides is 3. The molecule has 1 saturated heterocycles. The van der Waals surface area contributed by atoms with Gasteiger partial charge in [-0.05, 0) is 35.2 Å². The van der Waals surface area contributed by atoms with Gasteiger partial charge in [0.2, 0.25) is 5.91 Å². The van der Waals surface area contributed by atoms with Gasteiger partial charge in [0.1, 0.15) is 5.75 Å². The van der Waals surface area contributed by atoms with E-state index in [1.165, 1.54) is 12.1 Å². The maximum Gasteiger partial charge on any atom is 0.573 e. The fourth-order valence-electron chi connectivity index (χ4n) is 2.83. The molecule has 2 heterocycles. The molecule has 0 spiro atoms. The number of benzene rings is 1. The summed E-state index contributed by atoms with van der Waals surface area (Å²) in [6, 6.07) is 9.79. The SMILES string of the molecule is O=C(/C=C/c1cccs1)N1CCN(Cc2ccc(OC(F)(F)F)cc2)CC1. The number of thiophene rings is 1. The van der Waals surface area contributed by atoms with Gasteiger partial charge in [0.05, 0.1) is 0 Å². The van der Waals surface area contributed by atoms with Crippen molar-refractivity contribution in [1.29, 1.82) is 0 Å². The quantitative estimate of drug-likeness (QED) is 0.716. The third-order valence-corrected chi connectivity index (χ3v) is 5.02. The van der Waals surface area contributed by atoms with Gasteiger partial charge < -0.3 is 9.64 Å². The molecular formula is C19H19F3N2O2S. The highest BCUT2D eigenvalue weighted by molar-refractivity contribution is 7.10. The van der Waals surface area contributed by atoms with E-state index in [4.69, 9.17) is 0 Å². The summed E-state index contributed by atoms with van der Waals surface area (Å²) in [5.74, 6) is -0.226. The fourth-order valence-corrected chi connectivity index (χ4v) is 3.44. The zero-order valence-electron chi connectivity index (χ0n) is 14.5. The van der Waals surface area contributed by atoms with Crippen molar-refractivity contribution < 1.29 is 22.7 Å². The molecule has 1 amide bonds. The predicted octanol–water partition coefficient (Wildman–Crippen LogP) is 4.00. The molecule has 1 aromatic carbocycles. The lowest BCUT2D eigenvalue weighted by molar-refractivity contribution is -0.274. The second-order valence-electron chi connectivity index (χ2n) is 6.14. The lowest BCUT2D eigenvalue weighted by atomic mass is 10.2. The van der Waals surface area contributed by atoms with Crippen LogP contribution in [-0.2, 0) is 11.3 Å². The van der Waals surface area contributed by atoms with E-state index in [-0.39, 0.29) is 11.7 Å². The van der Waals surface area contributed by atoms with Crippen molar-refractivity contribution >= 4 is 23.3 Å². The van der Waals surface area contributed by atoms with Gasteiger partial charge in [-0.2, -0.15) is 0 Å². The van der Waals surface area contributed by atoms with Crippen molar-refractivity contribution in [2.75, 3.05) is 26.2 Å². The molecule has 1 fully saturated rings. The summed E-state index contributed by atoms with van der Waals surface area (Å²) in [7, 11) is 0. The molecule has 144 valence electrons. The number of ether oxygens (including phenoxy) is 1. The number of nitrogens with zero attached hydrogens (tertiary/aromatic N) is 2. The van der Waals surface area contributed by atoms with E-state index in [1.54, 1.807) is 34.4 Å². The minimum atomic E-state index is -4.68. The number of carbonyl (C=O) groups is 1. The van der Waals surface area contributed by atoms with E-state index in [2.05, 4.69) is 9.64 Å². The summed E-state index contributed by atoms with van der Waals surface area (Å²) in [4.78, 5) is 17.3. The lowest BCUT2D eigenvalue weighted by Crippen LogP contribution is -2.47. The van der Waals surface area contributed by atoms with Crippen LogP contribution in [-0.4, -0.2) is 48.2 Å². The molecule has 27 heavy (non-hydrogen) atoms. The number of hydrogen-bond acceptors (Lipinski definition) is 4. The van der Waals surface area contributed by atoms with E-state index in [0.29, 0.717) is 19.6 Å². The Morgan fingerprint density at radius 2 is 1.81 bits per heavy atom. The van der Waals surface area contributed by atoms with Gasteiger partial charge >= 0.3 is 6.36 Å². The maximum absolute atomic E-state index is 12.2. The summed E-state index contributed by atoms with van der Waals surface area (Å²) in [5, 5.41) is 1.96. The van der Waals surface area contributed by atoms with Crippen molar-refractivity contribution in [3.05, 3.63) is 58.3 Å². The van der Waals surface area contributed by atoms with Crippen LogP contribution in [0.15, 0.2) is 47.9 Å². The summed E-state index contributed by atoms with van der Waals surface area (Å²) in [6.07, 6.45) is -1.26. The van der Waals surface area contributed by atoms with Crippen molar-refractivity contribution in [2.24, 2.45) is 0 Å². The first-order valence-corrected chi connectivity index (χ1v) is 9.34. The van der Waals surface area contributed by atoms with Gasteiger partial charge in [0, 0.05) is 43.7 Å². The molecule has 1 aliphatic heterocycles. The topological polar surface area (TPSA) is 32.8 Å². The summed E-state index contributed by atoms with van der Waals surface area (Å²) < 4.78 is 40.4. The first-order chi connectivity index (χ1) is 12.9. The van der Waals surface area contributed by atoms with Crippen LogP contribution in [0.25, 0.3) is 6.08 Å². The Hall–Kier alpha value is -2.32. The van der Waals surface area contributed by atoms with Gasteiger partial charge in [0.25, 0.3) is 0 Å². The van der Waals surface area contributed by atoms with Crippen LogP contribution < -0.4 is 4.74 Å². The molecule has 0 saturated carbocycles. The molecule has 4 nitrogen and oxygen atoms in total. The van der Waals surface area contributed by atoms with E-state index >= 15 is 0 Å². The van der Waals surface area contributed by atoms with E-state index in [0.717, 1.165) is 23.5 Å². The Balaban J connectivity index is 1.46. The van der Waals surface area contributed by atoms with Crippen LogP contribution in [0.5, 0.6) is 5.75 Å². The lowest BCUT2D eigenvalue weighted by Gasteiger charge is -2.34. The molecular weight excluding hydrogens is 377 g/mol. The third kappa shape index (κ3) is 6.11. The number of hydrogen-bond donors (Lipinski definition) is 0. The highest BCUT2D eigenvalue weighted by atomic mass is 32.1. The smallest absolute Gasteiger partial charge is 0.406 e. The van der Waals surface area contributed by atoms with Gasteiger partial charge in [0.15, 0.2) is 0 Å². The zero-order valence-corrected chi connectivity index (χ0v) is 15.3. The Kier molecular flexibility index (Phi) is 6.18. The van der Waals surface area contributed by atoms with Crippen molar-refractivity contribution in [2.45, 2.75) is 12.9 Å². The Morgan fingerprint density at radius 1 is 1.11 bits per heavy atom. The highest BCUT2D eigenvalue weighted by Gasteiger charge is 2.31. The molecule has 0 bridgehead atoms. The average Bonchev–Trinajstić information content (AvgIpc) is 3.14. The normalized spacial score (nSPS) is 16.0. The second-order valence-corrected chi connectivity index (χ2v) is 7.12. The Morgan fingerprint density at radius 3 is 2.41 bits per heavy atom. The number of carbonyl (C=O) groups excluding carboxylic acids is 1. The first-order valence-electron chi connectivity index (χ1n) is 8.46. The largest absolute Gasteiger partial charge is 0.573 e. The summed E-state index contributed by atoms with van der Waals surface area (Å²) in [6.45, 7) is 3.32.